The molecule has 2 nitrogen and oxygen atoms in total. The molecule has 1 saturated heterocycles. The minimum Gasteiger partial charge on any atom is -0.315 e. The Bertz CT molecular complexity index is 271. The molecule has 1 unspecified atom stereocenters. The first-order chi connectivity index (χ1) is 6.44. The molecule has 0 aromatic rings. The van der Waals surface area contributed by atoms with Gasteiger partial charge in [0.2, 0.25) is 0 Å². The van der Waals surface area contributed by atoms with Crippen LogP contribution in [-0.2, 0) is 4.79 Å². The van der Waals surface area contributed by atoms with Gasteiger partial charge in [0.1, 0.15) is 5.41 Å². The van der Waals surface area contributed by atoms with E-state index in [1.807, 2.05) is 5.92 Å². The molecule has 1 aliphatic rings. The minimum atomic E-state index is -4.51. The Hall–Kier alpha value is -1.02. The highest BCUT2D eigenvalue weighted by atomic mass is 19.4. The summed E-state index contributed by atoms with van der Waals surface area (Å²) in [5, 5.41) is 2.55. The van der Waals surface area contributed by atoms with Crippen molar-refractivity contribution in [1.82, 2.24) is 5.32 Å². The molecule has 0 aromatic carbocycles. The van der Waals surface area contributed by atoms with Gasteiger partial charge in [0, 0.05) is 6.54 Å². The number of terminal acetylenes is 1. The highest BCUT2D eigenvalue weighted by Crippen LogP contribution is 2.44. The summed E-state index contributed by atoms with van der Waals surface area (Å²) in [6, 6.07) is 0. The van der Waals surface area contributed by atoms with Gasteiger partial charge in [0.05, 0.1) is 6.42 Å². The number of carbonyl (C=O) groups is 1. The van der Waals surface area contributed by atoms with Gasteiger partial charge in [-0.1, -0.05) is 5.92 Å². The average Bonchev–Trinajstić information content (AvgIpc) is 2.51. The molecule has 1 fully saturated rings. The molecule has 1 heterocycles. The van der Waals surface area contributed by atoms with E-state index in [9.17, 15) is 18.0 Å². The molecule has 1 N–H and O–H groups in total. The highest BCUT2D eigenvalue weighted by Gasteiger charge is 2.60. The van der Waals surface area contributed by atoms with Crippen LogP contribution in [0.2, 0.25) is 0 Å². The largest absolute Gasteiger partial charge is 0.402 e. The number of alkyl halides is 3. The van der Waals surface area contributed by atoms with E-state index >= 15 is 0 Å². The Labute approximate surface area is 79.9 Å². The van der Waals surface area contributed by atoms with E-state index in [4.69, 9.17) is 6.42 Å². The van der Waals surface area contributed by atoms with E-state index in [2.05, 4.69) is 5.32 Å². The zero-order valence-corrected chi connectivity index (χ0v) is 7.45. The molecule has 5 heteroatoms. The molecule has 14 heavy (non-hydrogen) atoms. The maximum Gasteiger partial charge on any atom is 0.402 e. The smallest absolute Gasteiger partial charge is 0.315 e. The molecule has 0 bridgehead atoms. The average molecular weight is 205 g/mol. The van der Waals surface area contributed by atoms with Gasteiger partial charge in [-0.3, -0.25) is 4.79 Å². The van der Waals surface area contributed by atoms with E-state index < -0.39 is 23.8 Å². The van der Waals surface area contributed by atoms with Gasteiger partial charge in [-0.2, -0.15) is 13.2 Å². The lowest BCUT2D eigenvalue weighted by molar-refractivity contribution is -0.214. The second-order valence-electron chi connectivity index (χ2n) is 3.31. The van der Waals surface area contributed by atoms with E-state index in [1.54, 1.807) is 0 Å². The number of rotatable bonds is 2. The molecular formula is C9H10F3NO. The van der Waals surface area contributed by atoms with Crippen molar-refractivity contribution in [2.24, 2.45) is 5.41 Å². The Morgan fingerprint density at radius 2 is 2.21 bits per heavy atom. The quantitative estimate of drug-likeness (QED) is 0.684. The van der Waals surface area contributed by atoms with E-state index in [0.29, 0.717) is 0 Å². The van der Waals surface area contributed by atoms with Crippen molar-refractivity contribution in [3.8, 4) is 12.3 Å². The summed E-state index contributed by atoms with van der Waals surface area (Å²) in [5.41, 5.74) is -2.25. The van der Waals surface area contributed by atoms with Crippen molar-refractivity contribution in [3.05, 3.63) is 0 Å². The van der Waals surface area contributed by atoms with Crippen LogP contribution < -0.4 is 5.32 Å². The van der Waals surface area contributed by atoms with Gasteiger partial charge in [-0.05, 0) is 13.0 Å². The van der Waals surface area contributed by atoms with Crippen LogP contribution in [-0.4, -0.2) is 25.0 Å². The maximum atomic E-state index is 12.7. The minimum absolute atomic E-state index is 0.204. The Morgan fingerprint density at radius 3 is 2.57 bits per heavy atom. The molecule has 0 aromatic heterocycles. The van der Waals surface area contributed by atoms with Crippen molar-refractivity contribution < 1.29 is 18.0 Å². The number of ketones is 1. The standard InChI is InChI=1S/C9H10F3NO/c1-2-3-7(14)8(9(10,11)12)4-5-13-6-8/h1,13H,3-6H2. The molecule has 1 aliphatic heterocycles. The lowest BCUT2D eigenvalue weighted by Gasteiger charge is -2.28. The van der Waals surface area contributed by atoms with Crippen LogP contribution in [0.4, 0.5) is 13.2 Å². The summed E-state index contributed by atoms with van der Waals surface area (Å²) in [7, 11) is 0. The first-order valence-corrected chi connectivity index (χ1v) is 4.18. The molecule has 0 radical (unpaired) electrons. The van der Waals surface area contributed by atoms with Crippen LogP contribution in [0.1, 0.15) is 12.8 Å². The molecule has 0 saturated carbocycles. The van der Waals surface area contributed by atoms with Gasteiger partial charge in [-0.15, -0.1) is 6.42 Å². The second kappa shape index (κ2) is 3.62. The van der Waals surface area contributed by atoms with Crippen molar-refractivity contribution in [1.29, 1.82) is 0 Å². The van der Waals surface area contributed by atoms with E-state index in [-0.39, 0.29) is 19.5 Å². The molecular weight excluding hydrogens is 195 g/mol. The summed E-state index contributed by atoms with van der Waals surface area (Å²) in [4.78, 5) is 11.3. The Morgan fingerprint density at radius 1 is 1.57 bits per heavy atom. The van der Waals surface area contributed by atoms with Crippen LogP contribution in [0.25, 0.3) is 0 Å². The van der Waals surface area contributed by atoms with Gasteiger partial charge in [0.15, 0.2) is 5.78 Å². The fourth-order valence-electron chi connectivity index (χ4n) is 1.59. The monoisotopic (exact) mass is 205 g/mol. The van der Waals surface area contributed by atoms with Crippen LogP contribution >= 0.6 is 0 Å². The van der Waals surface area contributed by atoms with Crippen molar-refractivity contribution in [2.45, 2.75) is 19.0 Å². The van der Waals surface area contributed by atoms with Gasteiger partial charge >= 0.3 is 6.18 Å². The van der Waals surface area contributed by atoms with Crippen molar-refractivity contribution in [2.75, 3.05) is 13.1 Å². The van der Waals surface area contributed by atoms with E-state index in [1.165, 1.54) is 0 Å². The fourth-order valence-corrected chi connectivity index (χ4v) is 1.59. The normalized spacial score (nSPS) is 27.3. The fraction of sp³-hybridized carbons (Fsp3) is 0.667. The van der Waals surface area contributed by atoms with Gasteiger partial charge in [0.25, 0.3) is 0 Å². The predicted molar refractivity (Wildman–Crippen MR) is 44.4 cm³/mol. The number of Topliss-reactive ketones (excluding diaryl/α,β-unsaturated/α-hetero) is 1. The van der Waals surface area contributed by atoms with Gasteiger partial charge < -0.3 is 5.32 Å². The first kappa shape index (κ1) is 11.1. The van der Waals surface area contributed by atoms with Crippen LogP contribution in [0.3, 0.4) is 0 Å². The second-order valence-corrected chi connectivity index (χ2v) is 3.31. The number of carbonyl (C=O) groups excluding carboxylic acids is 1. The van der Waals surface area contributed by atoms with E-state index in [0.717, 1.165) is 0 Å². The lowest BCUT2D eigenvalue weighted by atomic mass is 9.80. The number of hydrogen-bond acceptors (Lipinski definition) is 2. The summed E-state index contributed by atoms with van der Waals surface area (Å²) >= 11 is 0. The molecule has 1 atom stereocenters. The Balaban J connectivity index is 2.94. The highest BCUT2D eigenvalue weighted by molar-refractivity contribution is 5.88. The predicted octanol–water partition coefficient (Wildman–Crippen LogP) is 1.12. The SMILES string of the molecule is C#CCC(=O)C1(C(F)(F)F)CCNC1. The molecule has 1 rings (SSSR count). The third-order valence-corrected chi connectivity index (χ3v) is 2.49. The first-order valence-electron chi connectivity index (χ1n) is 4.18. The molecule has 0 aliphatic carbocycles. The summed E-state index contributed by atoms with van der Waals surface area (Å²) in [6.45, 7) is -0.146. The number of hydrogen-bond donors (Lipinski definition) is 1. The molecule has 0 amide bonds. The molecule has 0 spiro atoms. The topological polar surface area (TPSA) is 29.1 Å². The van der Waals surface area contributed by atoms with Crippen LogP contribution in [0, 0.1) is 17.8 Å². The lowest BCUT2D eigenvalue weighted by Crippen LogP contribution is -2.46. The van der Waals surface area contributed by atoms with Crippen LogP contribution in [0.15, 0.2) is 0 Å². The summed E-state index contributed by atoms with van der Waals surface area (Å²) < 4.78 is 38.0. The zero-order valence-electron chi connectivity index (χ0n) is 7.45. The van der Waals surface area contributed by atoms with Crippen molar-refractivity contribution >= 4 is 5.78 Å². The third-order valence-electron chi connectivity index (χ3n) is 2.49. The van der Waals surface area contributed by atoms with Crippen molar-refractivity contribution in [3.63, 3.8) is 0 Å². The number of halogens is 3. The van der Waals surface area contributed by atoms with Gasteiger partial charge in [-0.25, -0.2) is 0 Å². The maximum absolute atomic E-state index is 12.7. The summed E-state index contributed by atoms with van der Waals surface area (Å²) in [6.07, 6.45) is -0.337. The van der Waals surface area contributed by atoms with Crippen LogP contribution in [0.5, 0.6) is 0 Å². The third kappa shape index (κ3) is 1.62. The number of nitrogens with one attached hydrogen (secondary N) is 1. The summed E-state index contributed by atoms with van der Waals surface area (Å²) in [5.74, 6) is 1.06. The zero-order chi connectivity index (χ0) is 10.8. The molecule has 78 valence electrons. The Kier molecular flexibility index (Phi) is 2.86.